The summed E-state index contributed by atoms with van der Waals surface area (Å²) in [5.41, 5.74) is 7.19. The Morgan fingerprint density at radius 2 is 0.676 bits per heavy atom. The quantitative estimate of drug-likeness (QED) is 0.254. The summed E-state index contributed by atoms with van der Waals surface area (Å²) in [6.45, 7) is 8.01. The lowest BCUT2D eigenvalue weighted by Crippen LogP contribution is -2.20. The molecule has 0 bridgehead atoms. The van der Waals surface area contributed by atoms with Crippen molar-refractivity contribution in [1.29, 1.82) is 0 Å². The molecule has 0 fully saturated rings. The van der Waals surface area contributed by atoms with Gasteiger partial charge in [0.25, 0.3) is 0 Å². The average Bonchev–Trinajstić information content (AvgIpc) is 2.82. The molecule has 2 N–H and O–H groups in total. The van der Waals surface area contributed by atoms with Crippen molar-refractivity contribution in [3.05, 3.63) is 95.1 Å². The van der Waals surface area contributed by atoms with Gasteiger partial charge in [-0.1, -0.05) is 33.4 Å². The molecule has 4 nitrogen and oxygen atoms in total. The highest BCUT2D eigenvalue weighted by Gasteiger charge is 2.36. The molecule has 0 unspecified atom stereocenters. The van der Waals surface area contributed by atoms with Crippen LogP contribution in [0.3, 0.4) is 0 Å². The van der Waals surface area contributed by atoms with Crippen molar-refractivity contribution in [3.8, 4) is 0 Å². The summed E-state index contributed by atoms with van der Waals surface area (Å²) in [6.07, 6.45) is 0. The standard InChI is InChI=1S/C28H26N2O2P2/c1-17-5-9-21-25(13-17)33(31)26-14-18(2)6-10-22(26)30-24-12-8-20(4)16-28(24)34(32)27-15-19(3)7-11-23(27)29-21/h5-16,29-30H,1-4H3/q+2. The number of nitrogens with one attached hydrogen (secondary N) is 2. The van der Waals surface area contributed by atoms with Gasteiger partial charge in [0.1, 0.15) is 0 Å². The van der Waals surface area contributed by atoms with Crippen molar-refractivity contribution in [2.24, 2.45) is 0 Å². The van der Waals surface area contributed by atoms with Crippen LogP contribution < -0.4 is 31.9 Å². The minimum absolute atomic E-state index is 0.732. The summed E-state index contributed by atoms with van der Waals surface area (Å²) >= 11 is 0. The van der Waals surface area contributed by atoms with E-state index in [0.717, 1.165) is 66.2 Å². The normalized spacial score (nSPS) is 14.8. The first-order valence-corrected chi connectivity index (χ1v) is 13.7. The zero-order valence-electron chi connectivity index (χ0n) is 19.6. The molecule has 0 aromatic heterocycles. The third kappa shape index (κ3) is 4.16. The summed E-state index contributed by atoms with van der Waals surface area (Å²) in [5.74, 6) is 0. The molecule has 6 heteroatoms. The first-order valence-electron chi connectivity index (χ1n) is 11.2. The van der Waals surface area contributed by atoms with Crippen LogP contribution in [0, 0.1) is 27.7 Å². The molecule has 1 aliphatic rings. The molecule has 34 heavy (non-hydrogen) atoms. The fourth-order valence-electron chi connectivity index (χ4n) is 4.21. The first kappa shape index (κ1) is 22.5. The van der Waals surface area contributed by atoms with Crippen LogP contribution >= 0.6 is 15.6 Å². The zero-order chi connectivity index (χ0) is 24.0. The fourth-order valence-corrected chi connectivity index (χ4v) is 7.41. The molecule has 1 heterocycles. The smallest absolute Gasteiger partial charge is 0.348 e. The number of rotatable bonds is 0. The highest BCUT2D eigenvalue weighted by atomic mass is 31.1. The minimum Gasteiger partial charge on any atom is -0.348 e. The van der Waals surface area contributed by atoms with E-state index in [-0.39, 0.29) is 0 Å². The van der Waals surface area contributed by atoms with E-state index in [1.165, 1.54) is 0 Å². The van der Waals surface area contributed by atoms with Crippen LogP contribution in [0.5, 0.6) is 0 Å². The molecule has 1 aliphatic heterocycles. The van der Waals surface area contributed by atoms with Crippen molar-refractivity contribution < 1.29 is 9.13 Å². The highest BCUT2D eigenvalue weighted by molar-refractivity contribution is 7.62. The molecule has 4 aromatic carbocycles. The second-order valence-corrected chi connectivity index (χ2v) is 12.0. The van der Waals surface area contributed by atoms with Gasteiger partial charge in [-0.2, -0.15) is 0 Å². The maximum absolute atomic E-state index is 14.1. The van der Waals surface area contributed by atoms with Gasteiger partial charge in [-0.25, -0.2) is 0 Å². The minimum atomic E-state index is -1.90. The van der Waals surface area contributed by atoms with Crippen LogP contribution in [-0.4, -0.2) is 0 Å². The first-order chi connectivity index (χ1) is 16.3. The van der Waals surface area contributed by atoms with E-state index in [1.807, 2.05) is 100 Å². The van der Waals surface area contributed by atoms with E-state index < -0.39 is 15.6 Å². The number of hydrogen-bond acceptors (Lipinski definition) is 4. The molecule has 5 rings (SSSR count). The third-order valence-electron chi connectivity index (χ3n) is 6.03. The molecule has 4 aromatic rings. The largest absolute Gasteiger partial charge is 0.419 e. The Morgan fingerprint density at radius 1 is 0.441 bits per heavy atom. The maximum Gasteiger partial charge on any atom is 0.419 e. The van der Waals surface area contributed by atoms with E-state index in [2.05, 4.69) is 10.6 Å². The molecule has 168 valence electrons. The molecule has 0 spiro atoms. The van der Waals surface area contributed by atoms with Gasteiger partial charge in [-0.3, -0.25) is 0 Å². The summed E-state index contributed by atoms with van der Waals surface area (Å²) in [6, 6.07) is 23.8. The predicted molar refractivity (Wildman–Crippen MR) is 145 cm³/mol. The lowest BCUT2D eigenvalue weighted by molar-refractivity contribution is 0.597. The van der Waals surface area contributed by atoms with E-state index >= 15 is 0 Å². The van der Waals surface area contributed by atoms with E-state index in [9.17, 15) is 9.13 Å². The van der Waals surface area contributed by atoms with Crippen LogP contribution in [0.15, 0.2) is 72.8 Å². The second-order valence-electron chi connectivity index (χ2n) is 8.92. The predicted octanol–water partition coefficient (Wildman–Crippen LogP) is 6.28. The summed E-state index contributed by atoms with van der Waals surface area (Å²) < 4.78 is 28.1. The molecule has 0 amide bonds. The van der Waals surface area contributed by atoms with E-state index in [1.54, 1.807) is 0 Å². The maximum atomic E-state index is 14.1. The molecule has 0 radical (unpaired) electrons. The Kier molecular flexibility index (Phi) is 5.81. The Bertz CT molecular complexity index is 1270. The Hall–Kier alpha value is -3.32. The zero-order valence-corrected chi connectivity index (χ0v) is 21.4. The molecule has 0 atom stereocenters. The summed E-state index contributed by atoms with van der Waals surface area (Å²) in [7, 11) is -3.80. The molecular weight excluding hydrogens is 458 g/mol. The third-order valence-corrected chi connectivity index (χ3v) is 9.26. The van der Waals surface area contributed by atoms with E-state index in [4.69, 9.17) is 0 Å². The molecule has 0 saturated carbocycles. The number of benzene rings is 4. The van der Waals surface area contributed by atoms with Gasteiger partial charge < -0.3 is 10.6 Å². The Morgan fingerprint density at radius 3 is 0.912 bits per heavy atom. The van der Waals surface area contributed by atoms with Gasteiger partial charge in [0.2, 0.25) is 21.2 Å². The summed E-state index contributed by atoms with van der Waals surface area (Å²) in [4.78, 5) is 0. The van der Waals surface area contributed by atoms with E-state index in [0.29, 0.717) is 0 Å². The van der Waals surface area contributed by atoms with Gasteiger partial charge in [0.05, 0.1) is 22.7 Å². The SMILES string of the molecule is Cc1ccc2c(c1)[P+](=O)c1cc(C)ccc1Nc1ccc(C)cc1[P+](=O)c1cc(C)ccc1N2. The Labute approximate surface area is 202 Å². The Balaban J connectivity index is 1.83. The molecular formula is C28H26N2O2P2+2. The van der Waals surface area contributed by atoms with Crippen molar-refractivity contribution in [1.82, 2.24) is 0 Å². The lowest BCUT2D eigenvalue weighted by Gasteiger charge is -2.13. The van der Waals surface area contributed by atoms with Crippen molar-refractivity contribution in [2.45, 2.75) is 27.7 Å². The van der Waals surface area contributed by atoms with Crippen LogP contribution in [-0.2, 0) is 9.13 Å². The topological polar surface area (TPSA) is 58.2 Å². The number of aryl methyl sites for hydroxylation is 4. The highest BCUT2D eigenvalue weighted by Crippen LogP contribution is 2.36. The van der Waals surface area contributed by atoms with Gasteiger partial charge in [0.15, 0.2) is 0 Å². The van der Waals surface area contributed by atoms with Crippen molar-refractivity contribution in [3.63, 3.8) is 0 Å². The number of fused-ring (bicyclic) bond motifs is 4. The van der Waals surface area contributed by atoms with Gasteiger partial charge in [0, 0.05) is 0 Å². The van der Waals surface area contributed by atoms with Crippen molar-refractivity contribution in [2.75, 3.05) is 10.6 Å². The average molecular weight is 484 g/mol. The van der Waals surface area contributed by atoms with Crippen LogP contribution in [0.1, 0.15) is 22.3 Å². The van der Waals surface area contributed by atoms with Gasteiger partial charge in [-0.15, -0.1) is 0 Å². The van der Waals surface area contributed by atoms with Gasteiger partial charge in [-0.05, 0) is 98.5 Å². The van der Waals surface area contributed by atoms with Crippen LogP contribution in [0.4, 0.5) is 22.7 Å². The fraction of sp³-hybridized carbons (Fsp3) is 0.143. The van der Waals surface area contributed by atoms with Crippen LogP contribution in [0.25, 0.3) is 0 Å². The van der Waals surface area contributed by atoms with Crippen molar-refractivity contribution >= 4 is 59.6 Å². The molecule has 0 saturated heterocycles. The number of anilines is 4. The van der Waals surface area contributed by atoms with Gasteiger partial charge >= 0.3 is 15.6 Å². The number of hydrogen-bond donors (Lipinski definition) is 2. The summed E-state index contributed by atoms with van der Waals surface area (Å²) in [5, 5.41) is 9.88. The monoisotopic (exact) mass is 484 g/mol. The van der Waals surface area contributed by atoms with Crippen LogP contribution in [0.2, 0.25) is 0 Å². The second kappa shape index (κ2) is 8.80. The molecule has 0 aliphatic carbocycles. The lowest BCUT2D eigenvalue weighted by atomic mass is 10.2.